The fraction of sp³-hybridized carbons (Fsp3) is 0.768. The number of carboxylic acid groups (broad SMARTS) is 1. The first-order valence-corrected chi connectivity index (χ1v) is 28.8. The molecule has 0 rings (SSSR count). The van der Waals surface area contributed by atoms with Gasteiger partial charge in [0.1, 0.15) is 12.7 Å². The topological polar surface area (TPSA) is 169 Å². The molecule has 0 aliphatic heterocycles. The number of carboxylic acids is 1. The highest BCUT2D eigenvalue weighted by atomic mass is 31.2. The Hall–Kier alpha value is -2.82. The maximum absolute atomic E-state index is 12.4. The molecule has 0 aliphatic rings. The van der Waals surface area contributed by atoms with Gasteiger partial charge < -0.3 is 25.2 Å². The van der Waals surface area contributed by atoms with E-state index in [-0.39, 0.29) is 12.8 Å². The molecule has 0 aromatic rings. The highest BCUT2D eigenvalue weighted by molar-refractivity contribution is 7.47. The normalized spacial score (nSPS) is 13.9. The van der Waals surface area contributed by atoms with Crippen LogP contribution in [0.15, 0.2) is 60.8 Å². The van der Waals surface area contributed by atoms with E-state index in [4.69, 9.17) is 13.8 Å². The van der Waals surface area contributed by atoms with Crippen molar-refractivity contribution in [1.82, 2.24) is 5.32 Å². The van der Waals surface area contributed by atoms with Crippen LogP contribution in [0.25, 0.3) is 0 Å². The summed E-state index contributed by atoms with van der Waals surface area (Å²) in [4.78, 5) is 46.2. The fourth-order valence-corrected chi connectivity index (χ4v) is 8.41. The highest BCUT2D eigenvalue weighted by Crippen LogP contribution is 2.43. The Morgan fingerprint density at radius 1 is 0.485 bits per heavy atom. The number of phosphoric acid groups is 1. The maximum Gasteiger partial charge on any atom is 0.472 e. The van der Waals surface area contributed by atoms with Crippen LogP contribution in [-0.4, -0.2) is 64.9 Å². The average Bonchev–Trinajstić information content (AvgIpc) is 3.32. The highest BCUT2D eigenvalue weighted by Gasteiger charge is 2.28. The minimum Gasteiger partial charge on any atom is -0.480 e. The summed E-state index contributed by atoms with van der Waals surface area (Å²) in [6, 6.07) is -1.56. The number of nitrogens with one attached hydrogen (secondary N) is 1. The van der Waals surface area contributed by atoms with E-state index in [0.29, 0.717) is 12.8 Å². The number of carbonyl (C=O) groups excluding carboxylic acids is 2. The molecular formula is C56H100NO10P. The third-order valence-electron chi connectivity index (χ3n) is 11.8. The predicted molar refractivity (Wildman–Crippen MR) is 282 cm³/mol. The summed E-state index contributed by atoms with van der Waals surface area (Å²) in [5, 5.41) is 21.9. The second kappa shape index (κ2) is 50.6. The van der Waals surface area contributed by atoms with Crippen molar-refractivity contribution in [2.24, 2.45) is 0 Å². The zero-order valence-corrected chi connectivity index (χ0v) is 44.0. The van der Waals surface area contributed by atoms with Gasteiger partial charge in [-0.1, -0.05) is 235 Å². The lowest BCUT2D eigenvalue weighted by molar-refractivity contribution is -0.147. The zero-order valence-electron chi connectivity index (χ0n) is 43.2. The molecule has 0 spiro atoms. The molecule has 11 nitrogen and oxygen atoms in total. The standard InChI is InChI=1S/C56H100NO10P/c1-3-5-7-9-11-13-15-17-19-21-23-25-26-28-30-32-34-36-38-40-42-44-46-48-55(60)65-49-52(58)50-66-68(63,64)67-51-53(56(61)62)57-54(59)47-45-43-41-39-37-35-33-31-29-27-24-22-20-18-16-14-12-10-8-6-4-2/h6,8,12,14,18,20,24,27,31,33,52-53,58H,3-5,7,9-11,13,15-17,19,21-23,25-26,28-30,32,34-51H2,1-2H3,(H,57,59)(H,61,62)(H,63,64)/b8-6-,14-12-,20-18-,27-24-,33-31-. The Morgan fingerprint density at radius 2 is 0.853 bits per heavy atom. The predicted octanol–water partition coefficient (Wildman–Crippen LogP) is 15.5. The number of phosphoric ester groups is 1. The lowest BCUT2D eigenvalue weighted by Gasteiger charge is -2.18. The molecule has 12 heteroatoms. The number of ether oxygens (including phenoxy) is 1. The molecule has 0 aliphatic carbocycles. The molecule has 0 saturated carbocycles. The van der Waals surface area contributed by atoms with Gasteiger partial charge in [-0.2, -0.15) is 0 Å². The lowest BCUT2D eigenvalue weighted by atomic mass is 10.0. The van der Waals surface area contributed by atoms with Gasteiger partial charge in [0.2, 0.25) is 5.91 Å². The number of hydrogen-bond donors (Lipinski definition) is 4. The molecule has 68 heavy (non-hydrogen) atoms. The summed E-state index contributed by atoms with van der Waals surface area (Å²) in [6.07, 6.45) is 61.1. The smallest absolute Gasteiger partial charge is 0.472 e. The minimum atomic E-state index is -4.77. The monoisotopic (exact) mass is 978 g/mol. The van der Waals surface area contributed by atoms with Crippen molar-refractivity contribution >= 4 is 25.7 Å². The van der Waals surface area contributed by atoms with Gasteiger partial charge in [0, 0.05) is 12.8 Å². The number of aliphatic hydroxyl groups excluding tert-OH is 1. The van der Waals surface area contributed by atoms with E-state index in [2.05, 4.69) is 79.9 Å². The van der Waals surface area contributed by atoms with Crippen molar-refractivity contribution in [3.05, 3.63) is 60.8 Å². The largest absolute Gasteiger partial charge is 0.480 e. The number of amides is 1. The minimum absolute atomic E-state index is 0.121. The van der Waals surface area contributed by atoms with E-state index >= 15 is 0 Å². The van der Waals surface area contributed by atoms with Crippen molar-refractivity contribution in [3.63, 3.8) is 0 Å². The van der Waals surface area contributed by atoms with E-state index in [9.17, 15) is 34.1 Å². The van der Waals surface area contributed by atoms with Crippen LogP contribution in [0, 0.1) is 0 Å². The maximum atomic E-state index is 12.4. The molecule has 0 heterocycles. The van der Waals surface area contributed by atoms with E-state index in [1.807, 2.05) is 0 Å². The van der Waals surface area contributed by atoms with Crippen LogP contribution >= 0.6 is 7.82 Å². The Labute approximate surface area is 415 Å². The van der Waals surface area contributed by atoms with E-state index in [0.717, 1.165) is 83.5 Å². The SMILES string of the molecule is CC/C=C\C/C=C\C/C=C\C/C=C\C/C=C\CCCCCCCC(=O)NC(COP(=O)(O)OCC(O)COC(=O)CCCCCCCCCCCCCCCCCCCCCCCCC)C(=O)O. The summed E-state index contributed by atoms with van der Waals surface area (Å²) in [7, 11) is -4.77. The number of allylic oxidation sites excluding steroid dienone is 10. The molecule has 0 fully saturated rings. The molecule has 0 aromatic heterocycles. The molecule has 4 N–H and O–H groups in total. The molecule has 0 radical (unpaired) electrons. The second-order valence-electron chi connectivity index (χ2n) is 18.4. The first kappa shape index (κ1) is 65.2. The lowest BCUT2D eigenvalue weighted by Crippen LogP contribution is -2.43. The van der Waals surface area contributed by atoms with Gasteiger partial charge in [0.15, 0.2) is 6.04 Å². The van der Waals surface area contributed by atoms with Crippen molar-refractivity contribution in [2.75, 3.05) is 19.8 Å². The van der Waals surface area contributed by atoms with Crippen LogP contribution in [-0.2, 0) is 32.7 Å². The van der Waals surface area contributed by atoms with Gasteiger partial charge >= 0.3 is 19.8 Å². The summed E-state index contributed by atoms with van der Waals surface area (Å²) in [5.41, 5.74) is 0. The number of carbonyl (C=O) groups is 3. The van der Waals surface area contributed by atoms with Gasteiger partial charge in [0.05, 0.1) is 13.2 Å². The Bertz CT molecular complexity index is 1380. The van der Waals surface area contributed by atoms with Crippen LogP contribution in [0.1, 0.15) is 245 Å². The van der Waals surface area contributed by atoms with Crippen molar-refractivity contribution in [3.8, 4) is 0 Å². The van der Waals surface area contributed by atoms with Gasteiger partial charge in [-0.05, 0) is 57.8 Å². The van der Waals surface area contributed by atoms with Crippen LogP contribution in [0.4, 0.5) is 0 Å². The molecule has 3 unspecified atom stereocenters. The van der Waals surface area contributed by atoms with E-state index in [1.165, 1.54) is 122 Å². The molecular weight excluding hydrogens is 878 g/mol. The molecule has 0 bridgehead atoms. The zero-order chi connectivity index (χ0) is 49.9. The van der Waals surface area contributed by atoms with E-state index < -0.39 is 57.6 Å². The third-order valence-corrected chi connectivity index (χ3v) is 12.8. The summed E-state index contributed by atoms with van der Waals surface area (Å²) in [6.45, 7) is 2.51. The molecule has 3 atom stereocenters. The Balaban J connectivity index is 3.81. The summed E-state index contributed by atoms with van der Waals surface area (Å²) >= 11 is 0. The van der Waals surface area contributed by atoms with Crippen LogP contribution < -0.4 is 5.32 Å². The molecule has 1 amide bonds. The van der Waals surface area contributed by atoms with Crippen LogP contribution in [0.3, 0.4) is 0 Å². The van der Waals surface area contributed by atoms with Gasteiger partial charge in [0.25, 0.3) is 0 Å². The van der Waals surface area contributed by atoms with Crippen molar-refractivity contribution in [1.29, 1.82) is 0 Å². The summed E-state index contributed by atoms with van der Waals surface area (Å²) < 4.78 is 27.0. The van der Waals surface area contributed by atoms with Crippen LogP contribution in [0.2, 0.25) is 0 Å². The fourth-order valence-electron chi connectivity index (χ4n) is 7.64. The first-order valence-electron chi connectivity index (χ1n) is 27.3. The summed E-state index contributed by atoms with van der Waals surface area (Å²) in [5.74, 6) is -2.39. The Kier molecular flexibility index (Phi) is 48.5. The third kappa shape index (κ3) is 49.6. The van der Waals surface area contributed by atoms with Crippen molar-refractivity contribution < 1.29 is 47.8 Å². The number of aliphatic hydroxyl groups is 1. The molecule has 0 saturated heterocycles. The number of aliphatic carboxylic acids is 1. The van der Waals surface area contributed by atoms with Crippen molar-refractivity contribution in [2.45, 2.75) is 257 Å². The average molecular weight is 978 g/mol. The molecule has 394 valence electrons. The van der Waals surface area contributed by atoms with Gasteiger partial charge in [-0.15, -0.1) is 0 Å². The second-order valence-corrected chi connectivity index (χ2v) is 19.9. The molecule has 0 aromatic carbocycles. The number of hydrogen-bond acceptors (Lipinski definition) is 8. The number of esters is 1. The van der Waals surface area contributed by atoms with Crippen LogP contribution in [0.5, 0.6) is 0 Å². The number of rotatable bonds is 51. The van der Waals surface area contributed by atoms with E-state index in [1.54, 1.807) is 0 Å². The number of unbranched alkanes of at least 4 members (excludes halogenated alkanes) is 27. The van der Waals surface area contributed by atoms with Gasteiger partial charge in [-0.3, -0.25) is 18.6 Å². The van der Waals surface area contributed by atoms with Gasteiger partial charge in [-0.25, -0.2) is 9.36 Å². The first-order chi connectivity index (χ1) is 33.1. The Morgan fingerprint density at radius 3 is 1.28 bits per heavy atom. The quantitative estimate of drug-likeness (QED) is 0.0199.